The van der Waals surface area contributed by atoms with Gasteiger partial charge in [0.25, 0.3) is 5.91 Å². The van der Waals surface area contributed by atoms with Crippen molar-refractivity contribution in [1.82, 2.24) is 9.88 Å². The fourth-order valence-corrected chi connectivity index (χ4v) is 2.19. The van der Waals surface area contributed by atoms with Crippen LogP contribution in [0.2, 0.25) is 0 Å². The van der Waals surface area contributed by atoms with Crippen LogP contribution in [0.5, 0.6) is 0 Å². The number of rotatable bonds is 6. The first-order valence-electron chi connectivity index (χ1n) is 6.14. The molecule has 2 N–H and O–H groups in total. The predicted molar refractivity (Wildman–Crippen MR) is 75.6 cm³/mol. The Morgan fingerprint density at radius 2 is 2.22 bits per heavy atom. The van der Waals surface area contributed by atoms with Gasteiger partial charge in [-0.3, -0.25) is 4.79 Å². The standard InChI is InChI=1S/C13H21BrN2O2/c1-4-16-8-10(14)7-11(16)12(18)15-9-13(2,3)5-6-17/h7-8,17H,4-6,9H2,1-3H3,(H,15,18). The van der Waals surface area contributed by atoms with Crippen molar-refractivity contribution in [3.05, 3.63) is 22.4 Å². The monoisotopic (exact) mass is 316 g/mol. The Balaban J connectivity index is 2.65. The van der Waals surface area contributed by atoms with E-state index in [0.29, 0.717) is 18.7 Å². The van der Waals surface area contributed by atoms with E-state index in [1.165, 1.54) is 0 Å². The van der Waals surface area contributed by atoms with Crippen molar-refractivity contribution >= 4 is 21.8 Å². The van der Waals surface area contributed by atoms with Crippen molar-refractivity contribution < 1.29 is 9.90 Å². The summed E-state index contributed by atoms with van der Waals surface area (Å²) in [4.78, 5) is 12.1. The van der Waals surface area contributed by atoms with Crippen LogP contribution in [0.25, 0.3) is 0 Å². The lowest BCUT2D eigenvalue weighted by molar-refractivity contribution is 0.0919. The van der Waals surface area contributed by atoms with E-state index in [2.05, 4.69) is 21.2 Å². The van der Waals surface area contributed by atoms with E-state index in [1.54, 1.807) is 0 Å². The van der Waals surface area contributed by atoms with E-state index in [1.807, 2.05) is 37.6 Å². The van der Waals surface area contributed by atoms with Crippen LogP contribution in [0.4, 0.5) is 0 Å². The van der Waals surface area contributed by atoms with Crippen LogP contribution in [0, 0.1) is 5.41 Å². The van der Waals surface area contributed by atoms with E-state index >= 15 is 0 Å². The normalized spacial score (nSPS) is 11.6. The van der Waals surface area contributed by atoms with Gasteiger partial charge in [0.1, 0.15) is 5.69 Å². The van der Waals surface area contributed by atoms with Gasteiger partial charge in [-0.25, -0.2) is 0 Å². The Labute approximate surface area is 117 Å². The number of nitrogens with zero attached hydrogens (tertiary/aromatic N) is 1. The lowest BCUT2D eigenvalue weighted by Gasteiger charge is -2.23. The fourth-order valence-electron chi connectivity index (χ4n) is 1.73. The van der Waals surface area contributed by atoms with E-state index in [9.17, 15) is 4.79 Å². The lowest BCUT2D eigenvalue weighted by atomic mass is 9.90. The van der Waals surface area contributed by atoms with Gasteiger partial charge in [0.2, 0.25) is 0 Å². The summed E-state index contributed by atoms with van der Waals surface area (Å²) >= 11 is 3.37. The number of hydrogen-bond acceptors (Lipinski definition) is 2. The Bertz CT molecular complexity index is 413. The molecular formula is C13H21BrN2O2. The molecule has 0 aliphatic carbocycles. The highest BCUT2D eigenvalue weighted by atomic mass is 79.9. The molecule has 0 fully saturated rings. The molecule has 0 radical (unpaired) electrons. The molecule has 0 aromatic carbocycles. The number of carbonyl (C=O) groups is 1. The van der Waals surface area contributed by atoms with Crippen molar-refractivity contribution in [3.63, 3.8) is 0 Å². The third-order valence-corrected chi connectivity index (χ3v) is 3.39. The summed E-state index contributed by atoms with van der Waals surface area (Å²) < 4.78 is 2.81. The van der Waals surface area contributed by atoms with Crippen LogP contribution >= 0.6 is 15.9 Å². The van der Waals surface area contributed by atoms with E-state index < -0.39 is 0 Å². The molecule has 0 spiro atoms. The molecule has 1 aromatic rings. The molecule has 1 aromatic heterocycles. The maximum Gasteiger partial charge on any atom is 0.267 e. The second-order valence-electron chi connectivity index (χ2n) is 5.15. The summed E-state index contributed by atoms with van der Waals surface area (Å²) in [6, 6.07) is 1.82. The molecule has 4 nitrogen and oxygen atoms in total. The molecule has 0 bridgehead atoms. The molecule has 18 heavy (non-hydrogen) atoms. The predicted octanol–water partition coefficient (Wildman–Crippen LogP) is 2.41. The molecular weight excluding hydrogens is 296 g/mol. The topological polar surface area (TPSA) is 54.3 Å². The van der Waals surface area contributed by atoms with Crippen LogP contribution in [0.15, 0.2) is 16.7 Å². The number of carbonyl (C=O) groups excluding carboxylic acids is 1. The van der Waals surface area contributed by atoms with Crippen molar-refractivity contribution in [1.29, 1.82) is 0 Å². The number of hydrogen-bond donors (Lipinski definition) is 2. The minimum Gasteiger partial charge on any atom is -0.396 e. The average molecular weight is 317 g/mol. The van der Waals surface area contributed by atoms with Crippen LogP contribution in [0.1, 0.15) is 37.7 Å². The molecule has 0 unspecified atom stereocenters. The van der Waals surface area contributed by atoms with Gasteiger partial charge in [0.15, 0.2) is 0 Å². The minimum atomic E-state index is -0.0920. The summed E-state index contributed by atoms with van der Waals surface area (Å²) in [5, 5.41) is 11.9. The van der Waals surface area contributed by atoms with Crippen LogP contribution in [-0.2, 0) is 6.54 Å². The molecule has 5 heteroatoms. The number of nitrogens with one attached hydrogen (secondary N) is 1. The maximum atomic E-state index is 12.1. The summed E-state index contributed by atoms with van der Waals surface area (Å²) in [5.41, 5.74) is 0.565. The van der Waals surface area contributed by atoms with Gasteiger partial charge < -0.3 is 15.0 Å². The highest BCUT2D eigenvalue weighted by molar-refractivity contribution is 9.10. The lowest BCUT2D eigenvalue weighted by Crippen LogP contribution is -2.35. The highest BCUT2D eigenvalue weighted by Gasteiger charge is 2.19. The largest absolute Gasteiger partial charge is 0.396 e. The van der Waals surface area contributed by atoms with Gasteiger partial charge in [-0.1, -0.05) is 13.8 Å². The van der Waals surface area contributed by atoms with Gasteiger partial charge in [0, 0.05) is 30.4 Å². The summed E-state index contributed by atoms with van der Waals surface area (Å²) in [6.45, 7) is 7.50. The van der Waals surface area contributed by atoms with Gasteiger partial charge in [-0.2, -0.15) is 0 Å². The Kier molecular flexibility index (Phi) is 5.41. The number of aryl methyl sites for hydroxylation is 1. The number of amides is 1. The SMILES string of the molecule is CCn1cc(Br)cc1C(=O)NCC(C)(C)CCO. The zero-order valence-corrected chi connectivity index (χ0v) is 12.7. The molecule has 0 aliphatic rings. The number of aliphatic hydroxyl groups excluding tert-OH is 1. The maximum absolute atomic E-state index is 12.1. The molecule has 1 amide bonds. The van der Waals surface area contributed by atoms with Crippen molar-refractivity contribution in [2.45, 2.75) is 33.7 Å². The second kappa shape index (κ2) is 6.38. The number of aliphatic hydroxyl groups is 1. The molecule has 0 saturated carbocycles. The molecule has 0 saturated heterocycles. The molecule has 0 atom stereocenters. The van der Waals surface area contributed by atoms with Crippen LogP contribution in [-0.4, -0.2) is 28.7 Å². The first kappa shape index (κ1) is 15.2. The number of aromatic nitrogens is 1. The van der Waals surface area contributed by atoms with Gasteiger partial charge >= 0.3 is 0 Å². The van der Waals surface area contributed by atoms with E-state index in [4.69, 9.17) is 5.11 Å². The smallest absolute Gasteiger partial charge is 0.267 e. The quantitative estimate of drug-likeness (QED) is 0.846. The third-order valence-electron chi connectivity index (χ3n) is 2.95. The fraction of sp³-hybridized carbons (Fsp3) is 0.615. The zero-order valence-electron chi connectivity index (χ0n) is 11.2. The van der Waals surface area contributed by atoms with Crippen LogP contribution in [0.3, 0.4) is 0 Å². The van der Waals surface area contributed by atoms with Gasteiger partial charge in [-0.15, -0.1) is 0 Å². The van der Waals surface area contributed by atoms with Crippen molar-refractivity contribution in [2.24, 2.45) is 5.41 Å². The van der Waals surface area contributed by atoms with E-state index in [0.717, 1.165) is 11.0 Å². The molecule has 0 aliphatic heterocycles. The summed E-state index contributed by atoms with van der Waals surface area (Å²) in [5.74, 6) is -0.0754. The second-order valence-corrected chi connectivity index (χ2v) is 6.07. The van der Waals surface area contributed by atoms with E-state index in [-0.39, 0.29) is 17.9 Å². The Morgan fingerprint density at radius 3 is 2.78 bits per heavy atom. The average Bonchev–Trinajstić information content (AvgIpc) is 2.67. The first-order valence-corrected chi connectivity index (χ1v) is 6.93. The third kappa shape index (κ3) is 4.14. The molecule has 1 heterocycles. The summed E-state index contributed by atoms with van der Waals surface area (Å²) in [6.07, 6.45) is 2.57. The number of halogens is 1. The molecule has 102 valence electrons. The van der Waals surface area contributed by atoms with Crippen molar-refractivity contribution in [2.75, 3.05) is 13.2 Å². The van der Waals surface area contributed by atoms with Crippen LogP contribution < -0.4 is 5.32 Å². The minimum absolute atomic E-state index is 0.0754. The summed E-state index contributed by atoms with van der Waals surface area (Å²) in [7, 11) is 0. The zero-order chi connectivity index (χ0) is 13.8. The molecule has 1 rings (SSSR count). The Morgan fingerprint density at radius 1 is 1.56 bits per heavy atom. The van der Waals surface area contributed by atoms with Gasteiger partial charge in [-0.05, 0) is 40.8 Å². The van der Waals surface area contributed by atoms with Gasteiger partial charge in [0.05, 0.1) is 0 Å². The van der Waals surface area contributed by atoms with Crippen molar-refractivity contribution in [3.8, 4) is 0 Å². The first-order chi connectivity index (χ1) is 8.39. The Hall–Kier alpha value is -0.810. The highest BCUT2D eigenvalue weighted by Crippen LogP contribution is 2.19.